The van der Waals surface area contributed by atoms with Crippen LogP contribution in [0.15, 0.2) is 89.8 Å². The van der Waals surface area contributed by atoms with E-state index in [9.17, 15) is 13.2 Å². The molecule has 11 heteroatoms. The monoisotopic (exact) mass is 608 g/mol. The second-order valence-corrected chi connectivity index (χ2v) is 11.4. The number of ether oxygens (including phenoxy) is 1. The van der Waals surface area contributed by atoms with Gasteiger partial charge in [0.15, 0.2) is 0 Å². The van der Waals surface area contributed by atoms with Crippen molar-refractivity contribution >= 4 is 68.0 Å². The maximum Gasteiger partial charge on any atom is 0.261 e. The summed E-state index contributed by atoms with van der Waals surface area (Å²) in [5.41, 5.74) is 0.958. The molecular formula is C27H20Cl4N2O4S. The van der Waals surface area contributed by atoms with Gasteiger partial charge in [-0.25, -0.2) is 8.42 Å². The van der Waals surface area contributed by atoms with Crippen molar-refractivity contribution in [3.8, 4) is 11.5 Å². The Labute approximate surface area is 240 Å². The fourth-order valence-electron chi connectivity index (χ4n) is 3.47. The summed E-state index contributed by atoms with van der Waals surface area (Å²) in [4.78, 5) is 12.9. The Morgan fingerprint density at radius 2 is 1.47 bits per heavy atom. The Balaban J connectivity index is 1.46. The number of carbonyl (C=O) groups is 1. The first-order valence-electron chi connectivity index (χ1n) is 11.2. The molecule has 0 aromatic heterocycles. The largest absolute Gasteiger partial charge is 0.456 e. The zero-order valence-corrected chi connectivity index (χ0v) is 23.4. The van der Waals surface area contributed by atoms with Gasteiger partial charge < -0.3 is 10.1 Å². The van der Waals surface area contributed by atoms with Gasteiger partial charge in [0.1, 0.15) is 11.5 Å². The molecule has 1 amide bonds. The smallest absolute Gasteiger partial charge is 0.261 e. The van der Waals surface area contributed by atoms with Crippen molar-refractivity contribution < 1.29 is 17.9 Å². The molecule has 0 saturated carbocycles. The van der Waals surface area contributed by atoms with Crippen molar-refractivity contribution in [2.75, 3.05) is 11.3 Å². The lowest BCUT2D eigenvalue weighted by atomic mass is 10.1. The van der Waals surface area contributed by atoms with E-state index in [0.29, 0.717) is 33.0 Å². The number of sulfonamides is 1. The Hall–Kier alpha value is -2.94. The number of benzene rings is 4. The highest BCUT2D eigenvalue weighted by Crippen LogP contribution is 2.30. The molecule has 0 heterocycles. The van der Waals surface area contributed by atoms with E-state index in [1.807, 2.05) is 0 Å². The van der Waals surface area contributed by atoms with Crippen LogP contribution in [0.1, 0.15) is 15.9 Å². The molecule has 4 rings (SSSR count). The van der Waals surface area contributed by atoms with Gasteiger partial charge in [-0.05, 0) is 78.7 Å². The van der Waals surface area contributed by atoms with E-state index < -0.39 is 15.9 Å². The van der Waals surface area contributed by atoms with Crippen molar-refractivity contribution in [2.45, 2.75) is 11.3 Å². The molecule has 0 bridgehead atoms. The molecule has 0 aliphatic rings. The van der Waals surface area contributed by atoms with Gasteiger partial charge in [-0.3, -0.25) is 9.52 Å². The minimum absolute atomic E-state index is 0.0253. The average Bonchev–Trinajstić information content (AvgIpc) is 2.88. The molecule has 0 radical (unpaired) electrons. The fraction of sp³-hybridized carbons (Fsp3) is 0.0741. The predicted molar refractivity (Wildman–Crippen MR) is 153 cm³/mol. The minimum atomic E-state index is -4.04. The number of carbonyl (C=O) groups excluding carboxylic acids is 1. The standard InChI is InChI=1S/C27H20Cl4N2O4S/c28-18-7-12-25(22(15-18)27(34)32-14-13-17-5-6-19(29)16-24(17)31)33-38(35,36)21-10-8-20(9-11-21)37-26-4-2-1-3-23(26)30/h1-12,15-16,33H,13-14H2,(H,32,34). The van der Waals surface area contributed by atoms with Crippen LogP contribution < -0.4 is 14.8 Å². The molecule has 0 aliphatic carbocycles. The summed E-state index contributed by atoms with van der Waals surface area (Å²) in [5, 5.41) is 4.48. The molecular weight excluding hydrogens is 590 g/mol. The van der Waals surface area contributed by atoms with E-state index >= 15 is 0 Å². The molecule has 4 aromatic rings. The van der Waals surface area contributed by atoms with Crippen molar-refractivity contribution in [3.63, 3.8) is 0 Å². The maximum absolute atomic E-state index is 13.1. The number of halogens is 4. The van der Waals surface area contributed by atoms with Gasteiger partial charge in [-0.1, -0.05) is 64.6 Å². The van der Waals surface area contributed by atoms with E-state index in [4.69, 9.17) is 51.1 Å². The highest BCUT2D eigenvalue weighted by atomic mass is 35.5. The van der Waals surface area contributed by atoms with Gasteiger partial charge in [0.25, 0.3) is 15.9 Å². The number of para-hydroxylation sites is 1. The molecule has 0 aliphatic heterocycles. The van der Waals surface area contributed by atoms with Crippen LogP contribution in [0.3, 0.4) is 0 Å². The Kier molecular flexibility index (Phi) is 9.07. The molecule has 0 fully saturated rings. The van der Waals surface area contributed by atoms with Crippen molar-refractivity contribution in [1.29, 1.82) is 0 Å². The summed E-state index contributed by atoms with van der Waals surface area (Å²) < 4.78 is 34.4. The molecule has 0 saturated heterocycles. The number of anilines is 1. The van der Waals surface area contributed by atoms with Crippen LogP contribution >= 0.6 is 46.4 Å². The SMILES string of the molecule is O=C(NCCc1ccc(Cl)cc1Cl)c1cc(Cl)ccc1NS(=O)(=O)c1ccc(Oc2ccccc2Cl)cc1. The lowest BCUT2D eigenvalue weighted by Crippen LogP contribution is -2.27. The van der Waals surface area contributed by atoms with Crippen LogP contribution in [-0.4, -0.2) is 20.9 Å². The maximum atomic E-state index is 13.1. The molecule has 4 aromatic carbocycles. The van der Waals surface area contributed by atoms with Crippen LogP contribution in [0.5, 0.6) is 11.5 Å². The Morgan fingerprint density at radius 3 is 2.18 bits per heavy atom. The van der Waals surface area contributed by atoms with Crippen LogP contribution in [0.4, 0.5) is 5.69 Å². The highest BCUT2D eigenvalue weighted by Gasteiger charge is 2.20. The number of nitrogens with one attached hydrogen (secondary N) is 2. The summed E-state index contributed by atoms with van der Waals surface area (Å²) in [5.74, 6) is 0.348. The van der Waals surface area contributed by atoms with Gasteiger partial charge in [0.2, 0.25) is 0 Å². The van der Waals surface area contributed by atoms with E-state index in [1.165, 1.54) is 42.5 Å². The second kappa shape index (κ2) is 12.3. The first kappa shape index (κ1) is 28.1. The van der Waals surface area contributed by atoms with Crippen molar-refractivity contribution in [1.82, 2.24) is 5.32 Å². The molecule has 38 heavy (non-hydrogen) atoms. The number of hydrogen-bond acceptors (Lipinski definition) is 4. The Bertz CT molecular complexity index is 1580. The van der Waals surface area contributed by atoms with E-state index in [-0.39, 0.29) is 27.7 Å². The van der Waals surface area contributed by atoms with E-state index in [2.05, 4.69) is 10.0 Å². The first-order valence-corrected chi connectivity index (χ1v) is 14.2. The van der Waals surface area contributed by atoms with E-state index in [0.717, 1.165) is 5.56 Å². The summed E-state index contributed by atoms with van der Waals surface area (Å²) in [7, 11) is -4.04. The molecule has 0 unspecified atom stereocenters. The lowest BCUT2D eigenvalue weighted by molar-refractivity contribution is 0.0955. The summed E-state index contributed by atoms with van der Waals surface area (Å²) in [6, 6.07) is 22.2. The topological polar surface area (TPSA) is 84.5 Å². The molecule has 6 nitrogen and oxygen atoms in total. The summed E-state index contributed by atoms with van der Waals surface area (Å²) in [6.45, 7) is 0.256. The first-order chi connectivity index (χ1) is 18.1. The summed E-state index contributed by atoms with van der Waals surface area (Å²) >= 11 is 24.3. The third kappa shape index (κ3) is 7.12. The van der Waals surface area contributed by atoms with Crippen LogP contribution in [0.25, 0.3) is 0 Å². The number of amides is 1. The zero-order chi connectivity index (χ0) is 27.3. The molecule has 0 spiro atoms. The van der Waals surface area contributed by atoms with Gasteiger partial charge in [0.05, 0.1) is 21.2 Å². The lowest BCUT2D eigenvalue weighted by Gasteiger charge is -2.14. The van der Waals surface area contributed by atoms with Gasteiger partial charge in [-0.2, -0.15) is 0 Å². The van der Waals surface area contributed by atoms with Crippen molar-refractivity contribution in [2.24, 2.45) is 0 Å². The predicted octanol–water partition coefficient (Wildman–Crippen LogP) is 7.87. The van der Waals surface area contributed by atoms with E-state index in [1.54, 1.807) is 42.5 Å². The minimum Gasteiger partial charge on any atom is -0.456 e. The van der Waals surface area contributed by atoms with Crippen LogP contribution in [-0.2, 0) is 16.4 Å². The van der Waals surface area contributed by atoms with Gasteiger partial charge in [0, 0.05) is 21.6 Å². The van der Waals surface area contributed by atoms with Gasteiger partial charge >= 0.3 is 0 Å². The average molecular weight is 610 g/mol. The second-order valence-electron chi connectivity index (χ2n) is 8.04. The summed E-state index contributed by atoms with van der Waals surface area (Å²) in [6.07, 6.45) is 0.450. The molecule has 0 atom stereocenters. The third-order valence-electron chi connectivity index (χ3n) is 5.36. The van der Waals surface area contributed by atoms with Crippen LogP contribution in [0, 0.1) is 0 Å². The number of hydrogen-bond donors (Lipinski definition) is 2. The fourth-order valence-corrected chi connectivity index (χ4v) is 5.40. The zero-order valence-electron chi connectivity index (χ0n) is 19.6. The van der Waals surface area contributed by atoms with Gasteiger partial charge in [-0.15, -0.1) is 0 Å². The third-order valence-corrected chi connectivity index (χ3v) is 7.88. The normalized spacial score (nSPS) is 11.2. The van der Waals surface area contributed by atoms with Crippen molar-refractivity contribution in [3.05, 3.63) is 116 Å². The Morgan fingerprint density at radius 1 is 0.789 bits per heavy atom. The number of rotatable bonds is 9. The quantitative estimate of drug-likeness (QED) is 0.202. The van der Waals surface area contributed by atoms with Crippen LogP contribution in [0.2, 0.25) is 20.1 Å². The highest BCUT2D eigenvalue weighted by molar-refractivity contribution is 7.92. The molecule has 196 valence electrons. The molecule has 2 N–H and O–H groups in total.